The maximum absolute atomic E-state index is 11.3. The lowest BCUT2D eigenvalue weighted by Crippen LogP contribution is -2.45. The van der Waals surface area contributed by atoms with Gasteiger partial charge in [0.1, 0.15) is 0 Å². The maximum Gasteiger partial charge on any atom is 0.412 e. The van der Waals surface area contributed by atoms with Gasteiger partial charge in [0.15, 0.2) is 0 Å². The van der Waals surface area contributed by atoms with E-state index in [1.807, 2.05) is 0 Å². The van der Waals surface area contributed by atoms with Crippen LogP contribution in [0.2, 0.25) is 15.1 Å². The fourth-order valence-corrected chi connectivity index (χ4v) is 2.04. The molecule has 0 unspecified atom stereocenters. The second kappa shape index (κ2) is 4.92. The highest BCUT2D eigenvalue weighted by molar-refractivity contribution is 6.48. The second-order valence-corrected chi connectivity index (χ2v) is 5.70. The lowest BCUT2D eigenvalue weighted by Gasteiger charge is -2.33. The minimum absolute atomic E-state index is 0.219. The van der Waals surface area contributed by atoms with Gasteiger partial charge < -0.3 is 5.11 Å². The van der Waals surface area contributed by atoms with E-state index in [1.54, 1.807) is 20.8 Å². The number of carboxylic acid groups (broad SMARTS) is 1. The fourth-order valence-electron chi connectivity index (χ4n) is 1.46. The minimum Gasteiger partial charge on any atom is -0.465 e. The molecule has 17 heavy (non-hydrogen) atoms. The van der Waals surface area contributed by atoms with Gasteiger partial charge in [-0.2, -0.15) is 0 Å². The summed E-state index contributed by atoms with van der Waals surface area (Å²) in [7, 11) is 0. The van der Waals surface area contributed by atoms with E-state index in [2.05, 4.69) is 0 Å². The molecule has 6 heteroatoms. The van der Waals surface area contributed by atoms with Crippen LogP contribution in [0.4, 0.5) is 10.5 Å². The standard InChI is InChI=1S/C11H12Cl3NO2/c1-11(2,3)15(10(16)17)6-4-7(12)9(14)8(13)5-6/h4-5H,1-3H3,(H,16,17). The van der Waals surface area contributed by atoms with Crippen LogP contribution in [0.1, 0.15) is 20.8 Å². The molecule has 0 fully saturated rings. The second-order valence-electron chi connectivity index (χ2n) is 4.51. The third-order valence-corrected chi connectivity index (χ3v) is 3.29. The normalized spacial score (nSPS) is 11.4. The molecular weight excluding hydrogens is 284 g/mol. The summed E-state index contributed by atoms with van der Waals surface area (Å²) in [5.74, 6) is 0. The summed E-state index contributed by atoms with van der Waals surface area (Å²) in [6.45, 7) is 5.33. The zero-order valence-electron chi connectivity index (χ0n) is 9.59. The van der Waals surface area contributed by atoms with E-state index in [0.29, 0.717) is 5.69 Å². The number of hydrogen-bond acceptors (Lipinski definition) is 1. The number of rotatable bonds is 1. The Kier molecular flexibility index (Phi) is 4.18. The molecule has 1 N–H and O–H groups in total. The summed E-state index contributed by atoms with van der Waals surface area (Å²) in [4.78, 5) is 12.4. The lowest BCUT2D eigenvalue weighted by molar-refractivity contribution is 0.195. The molecule has 1 rings (SSSR count). The molecule has 0 heterocycles. The van der Waals surface area contributed by atoms with E-state index in [9.17, 15) is 9.90 Å². The largest absolute Gasteiger partial charge is 0.465 e. The number of benzene rings is 1. The van der Waals surface area contributed by atoms with Crippen molar-refractivity contribution < 1.29 is 9.90 Å². The molecule has 0 spiro atoms. The van der Waals surface area contributed by atoms with Crippen molar-refractivity contribution in [3.63, 3.8) is 0 Å². The van der Waals surface area contributed by atoms with Crippen molar-refractivity contribution in [2.75, 3.05) is 4.90 Å². The van der Waals surface area contributed by atoms with Crippen molar-refractivity contribution in [2.24, 2.45) is 0 Å². The van der Waals surface area contributed by atoms with Gasteiger partial charge in [0.05, 0.1) is 20.8 Å². The van der Waals surface area contributed by atoms with Crippen molar-refractivity contribution in [1.82, 2.24) is 0 Å². The zero-order chi connectivity index (χ0) is 13.4. The van der Waals surface area contributed by atoms with Crippen molar-refractivity contribution in [3.05, 3.63) is 27.2 Å². The number of halogens is 3. The molecule has 1 aromatic rings. The van der Waals surface area contributed by atoms with Crippen LogP contribution in [-0.4, -0.2) is 16.7 Å². The Morgan fingerprint density at radius 1 is 1.18 bits per heavy atom. The first-order valence-corrected chi connectivity index (χ1v) is 5.95. The summed E-state index contributed by atoms with van der Waals surface area (Å²) < 4.78 is 0. The van der Waals surface area contributed by atoms with Crippen LogP contribution in [0.5, 0.6) is 0 Å². The smallest absolute Gasteiger partial charge is 0.412 e. The van der Waals surface area contributed by atoms with E-state index in [0.717, 1.165) is 0 Å². The van der Waals surface area contributed by atoms with E-state index in [-0.39, 0.29) is 15.1 Å². The van der Waals surface area contributed by atoms with Gasteiger partial charge in [-0.05, 0) is 32.9 Å². The molecule has 0 aromatic heterocycles. The Labute approximate surface area is 115 Å². The highest BCUT2D eigenvalue weighted by Gasteiger charge is 2.28. The van der Waals surface area contributed by atoms with Crippen molar-refractivity contribution in [1.29, 1.82) is 0 Å². The van der Waals surface area contributed by atoms with E-state index in [4.69, 9.17) is 34.8 Å². The topological polar surface area (TPSA) is 40.5 Å². The van der Waals surface area contributed by atoms with Gasteiger partial charge in [-0.3, -0.25) is 4.90 Å². The average molecular weight is 297 g/mol. The quantitative estimate of drug-likeness (QED) is 0.746. The number of amides is 1. The molecule has 0 aliphatic rings. The molecule has 94 valence electrons. The Bertz CT molecular complexity index is 432. The molecule has 0 radical (unpaired) electrons. The van der Waals surface area contributed by atoms with Crippen LogP contribution >= 0.6 is 34.8 Å². The maximum atomic E-state index is 11.3. The van der Waals surface area contributed by atoms with E-state index >= 15 is 0 Å². The highest BCUT2D eigenvalue weighted by Crippen LogP contribution is 2.36. The van der Waals surface area contributed by atoms with Crippen LogP contribution in [-0.2, 0) is 0 Å². The predicted octanol–water partition coefficient (Wildman–Crippen LogP) is 4.93. The van der Waals surface area contributed by atoms with Gasteiger partial charge in [0, 0.05) is 5.54 Å². The molecular formula is C11H12Cl3NO2. The third kappa shape index (κ3) is 3.18. The summed E-state index contributed by atoms with van der Waals surface area (Å²) >= 11 is 17.6. The fraction of sp³-hybridized carbons (Fsp3) is 0.364. The van der Waals surface area contributed by atoms with Crippen LogP contribution in [0, 0.1) is 0 Å². The Morgan fingerprint density at radius 3 is 1.88 bits per heavy atom. The van der Waals surface area contributed by atoms with E-state index < -0.39 is 11.6 Å². The SMILES string of the molecule is CC(C)(C)N(C(=O)O)c1cc(Cl)c(Cl)c(Cl)c1. The van der Waals surface area contributed by atoms with Crippen molar-refractivity contribution >= 4 is 46.6 Å². The number of nitrogens with zero attached hydrogens (tertiary/aromatic N) is 1. The Hall–Kier alpha value is -0.640. The molecule has 1 amide bonds. The molecule has 3 nitrogen and oxygen atoms in total. The first-order chi connectivity index (χ1) is 7.64. The molecule has 0 saturated heterocycles. The van der Waals surface area contributed by atoms with Crippen LogP contribution in [0.15, 0.2) is 12.1 Å². The summed E-state index contributed by atoms with van der Waals surface area (Å²) in [5.41, 5.74) is -0.212. The molecule has 0 aliphatic heterocycles. The van der Waals surface area contributed by atoms with Gasteiger partial charge in [-0.25, -0.2) is 4.79 Å². The van der Waals surface area contributed by atoms with Crippen molar-refractivity contribution in [3.8, 4) is 0 Å². The minimum atomic E-state index is -1.08. The van der Waals surface area contributed by atoms with Crippen LogP contribution < -0.4 is 4.90 Å². The number of hydrogen-bond donors (Lipinski definition) is 1. The zero-order valence-corrected chi connectivity index (χ0v) is 11.9. The summed E-state index contributed by atoms with van der Waals surface area (Å²) in [5, 5.41) is 9.89. The number of carbonyl (C=O) groups is 1. The third-order valence-electron chi connectivity index (χ3n) is 2.09. The van der Waals surface area contributed by atoms with Crippen LogP contribution in [0.25, 0.3) is 0 Å². The summed E-state index contributed by atoms with van der Waals surface area (Å²) in [6, 6.07) is 2.96. The molecule has 0 saturated carbocycles. The lowest BCUT2D eigenvalue weighted by atomic mass is 10.1. The first-order valence-electron chi connectivity index (χ1n) is 4.82. The number of anilines is 1. The van der Waals surface area contributed by atoms with Gasteiger partial charge in [-0.15, -0.1) is 0 Å². The molecule has 0 aliphatic carbocycles. The first kappa shape index (κ1) is 14.4. The van der Waals surface area contributed by atoms with Gasteiger partial charge >= 0.3 is 6.09 Å². The average Bonchev–Trinajstić information content (AvgIpc) is 2.10. The van der Waals surface area contributed by atoms with Gasteiger partial charge in [-0.1, -0.05) is 34.8 Å². The Morgan fingerprint density at radius 2 is 1.59 bits per heavy atom. The summed E-state index contributed by atoms with van der Waals surface area (Å²) in [6.07, 6.45) is -1.08. The Balaban J connectivity index is 3.35. The monoisotopic (exact) mass is 295 g/mol. The molecule has 0 atom stereocenters. The molecule has 1 aromatic carbocycles. The van der Waals surface area contributed by atoms with Gasteiger partial charge in [0.25, 0.3) is 0 Å². The highest BCUT2D eigenvalue weighted by atomic mass is 35.5. The van der Waals surface area contributed by atoms with E-state index in [1.165, 1.54) is 17.0 Å². The van der Waals surface area contributed by atoms with Crippen LogP contribution in [0.3, 0.4) is 0 Å². The van der Waals surface area contributed by atoms with Gasteiger partial charge in [0.2, 0.25) is 0 Å². The molecule has 0 bridgehead atoms. The van der Waals surface area contributed by atoms with Crippen molar-refractivity contribution in [2.45, 2.75) is 26.3 Å². The predicted molar refractivity (Wildman–Crippen MR) is 71.7 cm³/mol.